The quantitative estimate of drug-likeness (QED) is 0.270. The van der Waals surface area contributed by atoms with Crippen LogP contribution in [0.15, 0.2) is 12.1 Å². The minimum absolute atomic E-state index is 0.172. The molecule has 3 aliphatic rings. The maximum atomic E-state index is 13.8. The summed E-state index contributed by atoms with van der Waals surface area (Å²) in [6.45, 7) is 3.13. The summed E-state index contributed by atoms with van der Waals surface area (Å²) in [4.78, 5) is 12.5. The molecule has 36 heavy (non-hydrogen) atoms. The van der Waals surface area contributed by atoms with E-state index in [2.05, 4.69) is 6.92 Å². The van der Waals surface area contributed by atoms with Gasteiger partial charge in [0, 0.05) is 18.7 Å². The van der Waals surface area contributed by atoms with Gasteiger partial charge in [-0.05, 0) is 87.9 Å². The van der Waals surface area contributed by atoms with Gasteiger partial charge in [0.25, 0.3) is 0 Å². The first-order chi connectivity index (χ1) is 17.5. The molecule has 0 radical (unpaired) electrons. The summed E-state index contributed by atoms with van der Waals surface area (Å²) in [5.41, 5.74) is -0.671. The normalized spacial score (nSPS) is 30.9. The van der Waals surface area contributed by atoms with Crippen LogP contribution in [0.5, 0.6) is 5.75 Å². The van der Waals surface area contributed by atoms with E-state index in [0.29, 0.717) is 18.8 Å². The van der Waals surface area contributed by atoms with E-state index in [-0.39, 0.29) is 17.8 Å². The van der Waals surface area contributed by atoms with Crippen LogP contribution in [-0.2, 0) is 9.53 Å². The smallest absolute Gasteiger partial charge is 0.314 e. The topological polar surface area (TPSA) is 59.3 Å². The summed E-state index contributed by atoms with van der Waals surface area (Å²) >= 11 is 0. The van der Waals surface area contributed by atoms with E-state index < -0.39 is 23.2 Å². The number of carbonyl (C=O) groups excluding carboxylic acids is 1. The molecule has 3 aliphatic carbocycles. The lowest BCUT2D eigenvalue weighted by molar-refractivity contribution is -0.141. The van der Waals surface area contributed by atoms with Gasteiger partial charge in [-0.25, -0.2) is 8.78 Å². The second-order valence-electron chi connectivity index (χ2n) is 11.5. The highest BCUT2D eigenvalue weighted by atomic mass is 19.1. The Labute approximate surface area is 214 Å². The molecule has 0 bridgehead atoms. The summed E-state index contributed by atoms with van der Waals surface area (Å²) in [6.07, 6.45) is 16.8. The Bertz CT molecular complexity index is 882. The van der Waals surface area contributed by atoms with Crippen LogP contribution in [0.1, 0.15) is 102 Å². The fraction of sp³-hybridized carbons (Fsp3) is 0.733. The Balaban J connectivity index is 1.12. The van der Waals surface area contributed by atoms with Gasteiger partial charge in [0.1, 0.15) is 29.0 Å². The van der Waals surface area contributed by atoms with Crippen LogP contribution >= 0.6 is 0 Å². The number of hydrogen-bond acceptors (Lipinski definition) is 4. The minimum Gasteiger partial charge on any atom is -0.426 e. The Morgan fingerprint density at radius 2 is 1.44 bits per heavy atom. The molecule has 1 aromatic rings. The van der Waals surface area contributed by atoms with Crippen LogP contribution in [0, 0.1) is 52.6 Å². The van der Waals surface area contributed by atoms with Gasteiger partial charge < -0.3 is 9.47 Å². The molecule has 3 fully saturated rings. The standard InChI is InChI=1S/C30H41F2NO3/c1-2-3-20-4-8-22(9-5-20)23-10-6-21(7-11-23)19-35-25-14-12-24(13-15-25)30(34)36-26-16-28(31)27(18-33)29(32)17-26/h16-17,20-25H,2-15,19H2,1H3. The van der Waals surface area contributed by atoms with Crippen molar-refractivity contribution in [3.63, 3.8) is 0 Å². The molecule has 0 atom stereocenters. The molecule has 3 saturated carbocycles. The van der Waals surface area contributed by atoms with E-state index in [1.807, 2.05) is 0 Å². The molecule has 4 nitrogen and oxygen atoms in total. The zero-order valence-corrected chi connectivity index (χ0v) is 21.7. The van der Waals surface area contributed by atoms with E-state index in [4.69, 9.17) is 14.7 Å². The SMILES string of the molecule is CCCC1CCC(C2CCC(COC3CCC(C(=O)Oc4cc(F)c(C#N)c(F)c4)CC3)CC2)CC1. The van der Waals surface area contributed by atoms with Crippen molar-refractivity contribution < 1.29 is 23.0 Å². The summed E-state index contributed by atoms with van der Waals surface area (Å²) in [5.74, 6) is 0.495. The van der Waals surface area contributed by atoms with E-state index >= 15 is 0 Å². The molecule has 6 heteroatoms. The third-order valence-electron chi connectivity index (χ3n) is 9.07. The van der Waals surface area contributed by atoms with Crippen molar-refractivity contribution in [2.45, 2.75) is 103 Å². The highest BCUT2D eigenvalue weighted by Gasteiger charge is 2.32. The number of esters is 1. The molecule has 0 N–H and O–H groups in total. The number of carbonyl (C=O) groups is 1. The largest absolute Gasteiger partial charge is 0.426 e. The fourth-order valence-corrected chi connectivity index (χ4v) is 6.84. The van der Waals surface area contributed by atoms with Crippen LogP contribution in [0.3, 0.4) is 0 Å². The van der Waals surface area contributed by atoms with Crippen molar-refractivity contribution in [2.24, 2.45) is 29.6 Å². The van der Waals surface area contributed by atoms with Crippen molar-refractivity contribution >= 4 is 5.97 Å². The van der Waals surface area contributed by atoms with Crippen LogP contribution in [0.2, 0.25) is 0 Å². The molecule has 0 heterocycles. The van der Waals surface area contributed by atoms with Gasteiger partial charge in [0.05, 0.1) is 12.0 Å². The minimum atomic E-state index is -1.02. The van der Waals surface area contributed by atoms with Crippen LogP contribution in [0.4, 0.5) is 8.78 Å². The van der Waals surface area contributed by atoms with Crippen LogP contribution in [0.25, 0.3) is 0 Å². The maximum absolute atomic E-state index is 13.8. The Morgan fingerprint density at radius 3 is 1.97 bits per heavy atom. The van der Waals surface area contributed by atoms with Crippen molar-refractivity contribution in [1.29, 1.82) is 5.26 Å². The van der Waals surface area contributed by atoms with Gasteiger partial charge in [-0.1, -0.05) is 32.6 Å². The number of benzene rings is 1. The third kappa shape index (κ3) is 7.06. The molecule has 0 unspecified atom stereocenters. The lowest BCUT2D eigenvalue weighted by Crippen LogP contribution is -2.31. The summed E-state index contributed by atoms with van der Waals surface area (Å²) in [6, 6.07) is 3.24. The first kappa shape index (κ1) is 27.0. The second kappa shape index (κ2) is 13.0. The molecular weight excluding hydrogens is 460 g/mol. The average Bonchev–Trinajstić information content (AvgIpc) is 2.88. The van der Waals surface area contributed by atoms with Crippen LogP contribution < -0.4 is 4.74 Å². The zero-order valence-electron chi connectivity index (χ0n) is 21.7. The van der Waals surface area contributed by atoms with Gasteiger partial charge in [-0.3, -0.25) is 4.79 Å². The monoisotopic (exact) mass is 501 g/mol. The Hall–Kier alpha value is -2.00. The maximum Gasteiger partial charge on any atom is 0.314 e. The Kier molecular flexibility index (Phi) is 9.76. The van der Waals surface area contributed by atoms with E-state index in [9.17, 15) is 13.6 Å². The number of hydrogen-bond donors (Lipinski definition) is 0. The molecule has 0 amide bonds. The van der Waals surface area contributed by atoms with Gasteiger partial charge in [0.2, 0.25) is 0 Å². The van der Waals surface area contributed by atoms with Gasteiger partial charge >= 0.3 is 5.97 Å². The van der Waals surface area contributed by atoms with Gasteiger partial charge in [-0.15, -0.1) is 0 Å². The molecular formula is C30H41F2NO3. The molecule has 1 aromatic carbocycles. The van der Waals surface area contributed by atoms with Gasteiger partial charge in [0.15, 0.2) is 0 Å². The van der Waals surface area contributed by atoms with Crippen molar-refractivity contribution in [3.05, 3.63) is 29.3 Å². The molecule has 0 aliphatic heterocycles. The summed E-state index contributed by atoms with van der Waals surface area (Å²) in [5, 5.41) is 8.77. The Morgan fingerprint density at radius 1 is 0.889 bits per heavy atom. The molecule has 4 rings (SSSR count). The summed E-state index contributed by atoms with van der Waals surface area (Å²) in [7, 11) is 0. The zero-order chi connectivity index (χ0) is 25.5. The van der Waals surface area contributed by atoms with E-state index in [1.54, 1.807) is 0 Å². The predicted octanol–water partition coefficient (Wildman–Crippen LogP) is 7.73. The number of rotatable bonds is 8. The van der Waals surface area contributed by atoms with Crippen molar-refractivity contribution in [2.75, 3.05) is 6.61 Å². The molecule has 0 spiro atoms. The lowest BCUT2D eigenvalue weighted by Gasteiger charge is -2.38. The van der Waals surface area contributed by atoms with Crippen LogP contribution in [-0.4, -0.2) is 18.7 Å². The van der Waals surface area contributed by atoms with Gasteiger partial charge in [-0.2, -0.15) is 5.26 Å². The molecule has 0 saturated heterocycles. The van der Waals surface area contributed by atoms with Crippen molar-refractivity contribution in [3.8, 4) is 11.8 Å². The van der Waals surface area contributed by atoms with E-state index in [1.165, 1.54) is 70.3 Å². The van der Waals surface area contributed by atoms with Crippen molar-refractivity contribution in [1.82, 2.24) is 0 Å². The number of ether oxygens (including phenoxy) is 2. The first-order valence-corrected chi connectivity index (χ1v) is 14.2. The number of nitriles is 1. The second-order valence-corrected chi connectivity index (χ2v) is 11.5. The summed E-state index contributed by atoms with van der Waals surface area (Å²) < 4.78 is 39.0. The third-order valence-corrected chi connectivity index (χ3v) is 9.07. The number of nitrogens with zero attached hydrogens (tertiary/aromatic N) is 1. The van der Waals surface area contributed by atoms with E-state index in [0.717, 1.165) is 49.3 Å². The predicted molar refractivity (Wildman–Crippen MR) is 134 cm³/mol. The molecule has 0 aromatic heterocycles. The highest BCUT2D eigenvalue weighted by molar-refractivity contribution is 5.75. The lowest BCUT2D eigenvalue weighted by atomic mass is 9.69. The molecule has 198 valence electrons. The number of halogens is 2. The first-order valence-electron chi connectivity index (χ1n) is 14.2. The highest BCUT2D eigenvalue weighted by Crippen LogP contribution is 2.42. The average molecular weight is 502 g/mol. The fourth-order valence-electron chi connectivity index (χ4n) is 6.84.